The van der Waals surface area contributed by atoms with Crippen LogP contribution in [0, 0.1) is 11.8 Å². The van der Waals surface area contributed by atoms with E-state index in [1.165, 1.54) is 0 Å². The van der Waals surface area contributed by atoms with Gasteiger partial charge in [0, 0.05) is 13.1 Å². The van der Waals surface area contributed by atoms with Crippen molar-refractivity contribution in [2.75, 3.05) is 13.1 Å². The van der Waals surface area contributed by atoms with Crippen molar-refractivity contribution in [2.24, 2.45) is 23.3 Å². The molecule has 6 nitrogen and oxygen atoms in total. The largest absolute Gasteiger partial charge is 0.369 e. The summed E-state index contributed by atoms with van der Waals surface area (Å²) in [6, 6.07) is 0. The molecule has 1 aliphatic heterocycles. The minimum absolute atomic E-state index is 0.0863. The van der Waals surface area contributed by atoms with Crippen molar-refractivity contribution in [3.63, 3.8) is 0 Å². The zero-order valence-electron chi connectivity index (χ0n) is 7.14. The van der Waals surface area contributed by atoms with Gasteiger partial charge in [-0.05, 0) is 6.42 Å². The highest BCUT2D eigenvalue weighted by atomic mass is 16.5. The maximum absolute atomic E-state index is 10.9. The molecule has 2 atom stereocenters. The molecule has 0 aromatic rings. The number of nitrogens with zero attached hydrogens (tertiary/aromatic N) is 1. The lowest BCUT2D eigenvalue weighted by Crippen LogP contribution is -2.48. The number of piperidine rings is 1. The van der Waals surface area contributed by atoms with Crippen LogP contribution in [0.15, 0.2) is 0 Å². The lowest BCUT2D eigenvalue weighted by Gasteiger charge is -2.31. The predicted octanol–water partition coefficient (Wildman–Crippen LogP) is -1.72. The van der Waals surface area contributed by atoms with Gasteiger partial charge in [-0.3, -0.25) is 9.59 Å². The van der Waals surface area contributed by atoms with E-state index in [-0.39, 0.29) is 6.54 Å². The molecule has 0 aromatic heterocycles. The van der Waals surface area contributed by atoms with Crippen molar-refractivity contribution in [1.82, 2.24) is 5.06 Å². The molecule has 1 rings (SSSR count). The van der Waals surface area contributed by atoms with Gasteiger partial charge >= 0.3 is 0 Å². The smallest absolute Gasteiger partial charge is 0.222 e. The number of carbonyl (C=O) groups excluding carboxylic acids is 2. The van der Waals surface area contributed by atoms with Gasteiger partial charge in [0.05, 0.1) is 11.8 Å². The lowest BCUT2D eigenvalue weighted by molar-refractivity contribution is -0.154. The van der Waals surface area contributed by atoms with E-state index >= 15 is 0 Å². The summed E-state index contributed by atoms with van der Waals surface area (Å²) in [4.78, 5) is 21.8. The summed E-state index contributed by atoms with van der Waals surface area (Å²) in [5.74, 6) is -2.34. The number of amides is 2. The first-order valence-corrected chi connectivity index (χ1v) is 4.05. The molecule has 0 saturated carbocycles. The Morgan fingerprint density at radius 1 is 1.23 bits per heavy atom. The summed E-state index contributed by atoms with van der Waals surface area (Å²) in [6.07, 6.45) is 0.374. The highest BCUT2D eigenvalue weighted by molar-refractivity contribution is 5.86. The van der Waals surface area contributed by atoms with Gasteiger partial charge in [-0.2, -0.15) is 5.06 Å². The molecule has 0 aliphatic carbocycles. The number of nitrogens with two attached hydrogens (primary N) is 2. The predicted molar refractivity (Wildman–Crippen MR) is 43.3 cm³/mol. The monoisotopic (exact) mass is 187 g/mol. The van der Waals surface area contributed by atoms with Gasteiger partial charge in [0.15, 0.2) is 0 Å². The second-order valence-corrected chi connectivity index (χ2v) is 3.22. The van der Waals surface area contributed by atoms with E-state index in [4.69, 9.17) is 16.7 Å². The number of hydrogen-bond donors (Lipinski definition) is 3. The van der Waals surface area contributed by atoms with Crippen LogP contribution < -0.4 is 11.5 Å². The lowest BCUT2D eigenvalue weighted by atomic mass is 9.85. The highest BCUT2D eigenvalue weighted by Crippen LogP contribution is 2.21. The molecule has 1 heterocycles. The third-order valence-corrected chi connectivity index (χ3v) is 2.32. The molecule has 0 aromatic carbocycles. The van der Waals surface area contributed by atoms with E-state index < -0.39 is 23.7 Å². The van der Waals surface area contributed by atoms with E-state index in [2.05, 4.69) is 0 Å². The van der Waals surface area contributed by atoms with Crippen LogP contribution >= 0.6 is 0 Å². The molecular weight excluding hydrogens is 174 g/mol. The molecule has 0 radical (unpaired) electrons. The normalized spacial score (nSPS) is 29.9. The fraction of sp³-hybridized carbons (Fsp3) is 0.714. The summed E-state index contributed by atoms with van der Waals surface area (Å²) in [6.45, 7) is 0.431. The number of primary amides is 2. The molecule has 6 heteroatoms. The van der Waals surface area contributed by atoms with Crippen LogP contribution in [0.5, 0.6) is 0 Å². The maximum atomic E-state index is 10.9. The van der Waals surface area contributed by atoms with E-state index in [0.717, 1.165) is 5.06 Å². The van der Waals surface area contributed by atoms with Crippen LogP contribution in [0.3, 0.4) is 0 Å². The molecule has 1 saturated heterocycles. The first-order chi connectivity index (χ1) is 6.02. The van der Waals surface area contributed by atoms with Gasteiger partial charge in [-0.15, -0.1) is 0 Å². The summed E-state index contributed by atoms with van der Waals surface area (Å²) in [7, 11) is 0. The zero-order valence-corrected chi connectivity index (χ0v) is 7.14. The fourth-order valence-electron chi connectivity index (χ4n) is 1.56. The van der Waals surface area contributed by atoms with Crippen molar-refractivity contribution < 1.29 is 14.8 Å². The van der Waals surface area contributed by atoms with E-state index in [1.54, 1.807) is 0 Å². The Hall–Kier alpha value is -1.14. The van der Waals surface area contributed by atoms with E-state index in [9.17, 15) is 9.59 Å². The Morgan fingerprint density at radius 2 is 1.77 bits per heavy atom. The number of rotatable bonds is 2. The minimum Gasteiger partial charge on any atom is -0.369 e. The quantitative estimate of drug-likeness (QED) is 0.477. The highest BCUT2D eigenvalue weighted by Gasteiger charge is 2.35. The third-order valence-electron chi connectivity index (χ3n) is 2.32. The molecule has 0 spiro atoms. The van der Waals surface area contributed by atoms with Gasteiger partial charge in [0.2, 0.25) is 11.8 Å². The van der Waals surface area contributed by atoms with Gasteiger partial charge in [-0.25, -0.2) is 0 Å². The number of carbonyl (C=O) groups is 2. The topological polar surface area (TPSA) is 110 Å². The summed E-state index contributed by atoms with van der Waals surface area (Å²) in [5, 5.41) is 10.1. The van der Waals surface area contributed by atoms with E-state index in [1.807, 2.05) is 0 Å². The van der Waals surface area contributed by atoms with E-state index in [0.29, 0.717) is 13.0 Å². The van der Waals surface area contributed by atoms with Crippen LogP contribution in [0.25, 0.3) is 0 Å². The first-order valence-electron chi connectivity index (χ1n) is 4.05. The van der Waals surface area contributed by atoms with Gasteiger partial charge < -0.3 is 16.7 Å². The zero-order chi connectivity index (χ0) is 10.0. The molecule has 5 N–H and O–H groups in total. The Labute approximate surface area is 75.4 Å². The standard InChI is InChI=1S/C7H13N3O3/c8-6(11)4-1-2-10(13)3-5(4)7(9)12/h4-5,13H,1-3H2,(H2,8,11)(H2,9,12). The van der Waals surface area contributed by atoms with Crippen LogP contribution in [0.1, 0.15) is 6.42 Å². The maximum Gasteiger partial charge on any atom is 0.222 e. The van der Waals surface area contributed by atoms with Gasteiger partial charge in [0.1, 0.15) is 0 Å². The SMILES string of the molecule is NC(=O)C1CCN(O)CC1C(N)=O. The average molecular weight is 187 g/mol. The molecule has 2 amide bonds. The van der Waals surface area contributed by atoms with Crippen LogP contribution in [-0.2, 0) is 9.59 Å². The molecule has 2 unspecified atom stereocenters. The van der Waals surface area contributed by atoms with Crippen molar-refractivity contribution >= 4 is 11.8 Å². The van der Waals surface area contributed by atoms with Crippen LogP contribution in [0.2, 0.25) is 0 Å². The Morgan fingerprint density at radius 3 is 2.23 bits per heavy atom. The fourth-order valence-corrected chi connectivity index (χ4v) is 1.56. The van der Waals surface area contributed by atoms with Crippen molar-refractivity contribution in [3.05, 3.63) is 0 Å². The van der Waals surface area contributed by atoms with Crippen molar-refractivity contribution in [2.45, 2.75) is 6.42 Å². The second kappa shape index (κ2) is 3.71. The molecular formula is C7H13N3O3. The third kappa shape index (κ3) is 2.16. The number of hydroxylamine groups is 2. The molecule has 0 bridgehead atoms. The summed E-state index contributed by atoms with van der Waals surface area (Å²) < 4.78 is 0. The summed E-state index contributed by atoms with van der Waals surface area (Å²) >= 11 is 0. The van der Waals surface area contributed by atoms with Gasteiger partial charge in [-0.1, -0.05) is 0 Å². The second-order valence-electron chi connectivity index (χ2n) is 3.22. The minimum atomic E-state index is -0.670. The Balaban J connectivity index is 2.72. The summed E-state index contributed by atoms with van der Waals surface area (Å²) in [5.41, 5.74) is 10.2. The van der Waals surface area contributed by atoms with Crippen molar-refractivity contribution in [3.8, 4) is 0 Å². The molecule has 13 heavy (non-hydrogen) atoms. The average Bonchev–Trinajstić information content (AvgIpc) is 2.03. The van der Waals surface area contributed by atoms with Crippen LogP contribution in [0.4, 0.5) is 0 Å². The van der Waals surface area contributed by atoms with Crippen molar-refractivity contribution in [1.29, 1.82) is 0 Å². The van der Waals surface area contributed by atoms with Gasteiger partial charge in [0.25, 0.3) is 0 Å². The first kappa shape index (κ1) is 9.94. The molecule has 74 valence electrons. The molecule has 1 aliphatic rings. The molecule has 1 fully saturated rings. The Bertz CT molecular complexity index is 231. The number of hydrogen-bond acceptors (Lipinski definition) is 4. The Kier molecular flexibility index (Phi) is 2.84. The van der Waals surface area contributed by atoms with Crippen LogP contribution in [-0.4, -0.2) is 35.2 Å².